The summed E-state index contributed by atoms with van der Waals surface area (Å²) in [6.45, 7) is 2.90. The van der Waals surface area contributed by atoms with Gasteiger partial charge in [0.2, 0.25) is 5.56 Å². The molecule has 1 N–H and O–H groups in total. The Bertz CT molecular complexity index is 646. The van der Waals surface area contributed by atoms with Crippen molar-refractivity contribution in [1.82, 2.24) is 13.6 Å². The van der Waals surface area contributed by atoms with E-state index in [0.29, 0.717) is 45.3 Å². The van der Waals surface area contributed by atoms with Gasteiger partial charge in [-0.05, 0) is 24.3 Å². The van der Waals surface area contributed by atoms with Crippen molar-refractivity contribution in [3.63, 3.8) is 0 Å². The Morgan fingerprint density at radius 3 is 2.64 bits per heavy atom. The average molecular weight is 327 g/mol. The summed E-state index contributed by atoms with van der Waals surface area (Å²) in [6.07, 6.45) is 3.34. The maximum Gasteiger partial charge on any atom is 0.282 e. The molecule has 0 radical (unpaired) electrons. The molecular weight excluding hydrogens is 306 g/mol. The van der Waals surface area contributed by atoms with Gasteiger partial charge in [0.05, 0.1) is 13.2 Å². The zero-order valence-electron chi connectivity index (χ0n) is 12.4. The number of morpholine rings is 1. The number of H-pyrrole nitrogens is 1. The third-order valence-electron chi connectivity index (χ3n) is 4.24. The maximum atomic E-state index is 12.6. The molecule has 22 heavy (non-hydrogen) atoms. The van der Waals surface area contributed by atoms with Crippen molar-refractivity contribution in [3.8, 4) is 0 Å². The summed E-state index contributed by atoms with van der Waals surface area (Å²) in [5, 5.41) is 0. The van der Waals surface area contributed by atoms with Crippen molar-refractivity contribution in [3.05, 3.63) is 34.2 Å². The summed E-state index contributed by atoms with van der Waals surface area (Å²) in [6, 6.07) is 3.31. The van der Waals surface area contributed by atoms with Crippen LogP contribution in [0.2, 0.25) is 0 Å². The molecule has 2 aliphatic heterocycles. The van der Waals surface area contributed by atoms with Crippen LogP contribution in [0.4, 0.5) is 0 Å². The number of pyridine rings is 1. The monoisotopic (exact) mass is 327 g/mol. The van der Waals surface area contributed by atoms with E-state index in [-0.39, 0.29) is 5.56 Å². The standard InChI is InChI=1S/C14H21N3O4S/c18-14-2-1-12(10-15-14)9-13-3-4-17(11-13)22(19,20)16-5-7-21-8-6-16/h1-2,10,13H,3-9,11H2,(H,15,18). The van der Waals surface area contributed by atoms with Crippen LogP contribution < -0.4 is 5.56 Å². The smallest absolute Gasteiger partial charge is 0.282 e. The molecule has 1 unspecified atom stereocenters. The van der Waals surface area contributed by atoms with Crippen LogP contribution in [0.1, 0.15) is 12.0 Å². The molecule has 0 amide bonds. The Morgan fingerprint density at radius 1 is 1.18 bits per heavy atom. The second-order valence-corrected chi connectivity index (χ2v) is 7.73. The van der Waals surface area contributed by atoms with Gasteiger partial charge in [-0.3, -0.25) is 4.79 Å². The number of hydrogen-bond donors (Lipinski definition) is 1. The van der Waals surface area contributed by atoms with Crippen molar-refractivity contribution in [2.24, 2.45) is 5.92 Å². The lowest BCUT2D eigenvalue weighted by atomic mass is 10.0. The third-order valence-corrected chi connectivity index (χ3v) is 6.25. The maximum absolute atomic E-state index is 12.6. The molecule has 0 bridgehead atoms. The molecule has 1 atom stereocenters. The number of hydrogen-bond acceptors (Lipinski definition) is 4. The van der Waals surface area contributed by atoms with E-state index in [1.54, 1.807) is 16.6 Å². The topological polar surface area (TPSA) is 82.7 Å². The van der Waals surface area contributed by atoms with E-state index >= 15 is 0 Å². The van der Waals surface area contributed by atoms with Gasteiger partial charge in [0.25, 0.3) is 10.2 Å². The molecule has 0 saturated carbocycles. The highest BCUT2D eigenvalue weighted by atomic mass is 32.2. The first-order chi connectivity index (χ1) is 10.6. The molecule has 3 rings (SSSR count). The number of ether oxygens (including phenoxy) is 1. The van der Waals surface area contributed by atoms with Gasteiger partial charge in [-0.25, -0.2) is 0 Å². The number of rotatable bonds is 4. The van der Waals surface area contributed by atoms with E-state index in [0.717, 1.165) is 18.4 Å². The molecule has 3 heterocycles. The average Bonchev–Trinajstić information content (AvgIpc) is 3.00. The Morgan fingerprint density at radius 2 is 1.95 bits per heavy atom. The first kappa shape index (κ1) is 15.7. The van der Waals surface area contributed by atoms with Crippen LogP contribution in [0.15, 0.2) is 23.1 Å². The quantitative estimate of drug-likeness (QED) is 0.831. The number of nitrogens with one attached hydrogen (secondary N) is 1. The van der Waals surface area contributed by atoms with Gasteiger partial charge in [-0.15, -0.1) is 0 Å². The van der Waals surface area contributed by atoms with E-state index in [1.807, 2.05) is 0 Å². The molecular formula is C14H21N3O4S. The van der Waals surface area contributed by atoms with E-state index in [1.165, 1.54) is 10.4 Å². The Hall–Kier alpha value is -1.22. The molecule has 7 nitrogen and oxygen atoms in total. The molecule has 0 spiro atoms. The Balaban J connectivity index is 1.61. The highest BCUT2D eigenvalue weighted by Crippen LogP contribution is 2.24. The van der Waals surface area contributed by atoms with Gasteiger partial charge in [0.15, 0.2) is 0 Å². The van der Waals surface area contributed by atoms with Crippen LogP contribution in [0, 0.1) is 5.92 Å². The molecule has 122 valence electrons. The van der Waals surface area contributed by atoms with Crippen molar-refractivity contribution in [2.45, 2.75) is 12.8 Å². The van der Waals surface area contributed by atoms with Crippen molar-refractivity contribution < 1.29 is 13.2 Å². The summed E-state index contributed by atoms with van der Waals surface area (Å²) in [7, 11) is -3.36. The Kier molecular flexibility index (Phi) is 4.62. The third kappa shape index (κ3) is 3.40. The lowest BCUT2D eigenvalue weighted by Gasteiger charge is -2.30. The molecule has 2 fully saturated rings. The summed E-state index contributed by atoms with van der Waals surface area (Å²) < 4.78 is 33.5. The van der Waals surface area contributed by atoms with Crippen molar-refractivity contribution >= 4 is 10.2 Å². The number of nitrogens with zero attached hydrogens (tertiary/aromatic N) is 2. The second kappa shape index (κ2) is 6.49. The normalized spacial score (nSPS) is 24.6. The van der Waals surface area contributed by atoms with Gasteiger partial charge in [0, 0.05) is 38.4 Å². The fraction of sp³-hybridized carbons (Fsp3) is 0.643. The fourth-order valence-electron chi connectivity index (χ4n) is 3.02. The van der Waals surface area contributed by atoms with Gasteiger partial charge >= 0.3 is 0 Å². The van der Waals surface area contributed by atoms with Crippen LogP contribution in [0.5, 0.6) is 0 Å². The predicted molar refractivity (Wildman–Crippen MR) is 81.8 cm³/mol. The Labute approximate surface area is 130 Å². The zero-order valence-corrected chi connectivity index (χ0v) is 13.2. The molecule has 0 aromatic carbocycles. The zero-order chi connectivity index (χ0) is 15.6. The SMILES string of the molecule is O=c1ccc(CC2CCN(S(=O)(=O)N3CCOCC3)C2)c[nH]1. The van der Waals surface area contributed by atoms with Gasteiger partial charge in [-0.2, -0.15) is 17.0 Å². The summed E-state index contributed by atoms with van der Waals surface area (Å²) >= 11 is 0. The van der Waals surface area contributed by atoms with E-state index in [9.17, 15) is 13.2 Å². The van der Waals surface area contributed by atoms with Gasteiger partial charge < -0.3 is 9.72 Å². The minimum Gasteiger partial charge on any atom is -0.379 e. The molecule has 0 aliphatic carbocycles. The van der Waals surface area contributed by atoms with Crippen LogP contribution >= 0.6 is 0 Å². The molecule has 1 aromatic rings. The summed E-state index contributed by atoms with van der Waals surface area (Å²) in [5.41, 5.74) is 0.918. The fourth-order valence-corrected chi connectivity index (χ4v) is 4.69. The molecule has 1 aromatic heterocycles. The van der Waals surface area contributed by atoms with Crippen molar-refractivity contribution in [1.29, 1.82) is 0 Å². The molecule has 8 heteroatoms. The minimum atomic E-state index is -3.36. The first-order valence-electron chi connectivity index (χ1n) is 7.56. The highest BCUT2D eigenvalue weighted by Gasteiger charge is 2.36. The van der Waals surface area contributed by atoms with Crippen LogP contribution in [0.3, 0.4) is 0 Å². The van der Waals surface area contributed by atoms with Crippen LogP contribution in [-0.2, 0) is 21.4 Å². The summed E-state index contributed by atoms with van der Waals surface area (Å²) in [4.78, 5) is 13.7. The number of aromatic nitrogens is 1. The molecule has 2 saturated heterocycles. The van der Waals surface area contributed by atoms with E-state index in [4.69, 9.17) is 4.74 Å². The van der Waals surface area contributed by atoms with Crippen LogP contribution in [0.25, 0.3) is 0 Å². The highest BCUT2D eigenvalue weighted by molar-refractivity contribution is 7.86. The van der Waals surface area contributed by atoms with Gasteiger partial charge in [-0.1, -0.05) is 6.07 Å². The van der Waals surface area contributed by atoms with E-state index in [2.05, 4.69) is 4.98 Å². The lowest BCUT2D eigenvalue weighted by molar-refractivity contribution is 0.0705. The molecule has 2 aliphatic rings. The van der Waals surface area contributed by atoms with E-state index < -0.39 is 10.2 Å². The predicted octanol–water partition coefficient (Wildman–Crippen LogP) is -0.184. The van der Waals surface area contributed by atoms with Crippen LogP contribution in [-0.4, -0.2) is 61.4 Å². The largest absolute Gasteiger partial charge is 0.379 e. The van der Waals surface area contributed by atoms with Gasteiger partial charge in [0.1, 0.15) is 0 Å². The summed E-state index contributed by atoms with van der Waals surface area (Å²) in [5.74, 6) is 0.293. The van der Waals surface area contributed by atoms with Crippen molar-refractivity contribution in [2.75, 3.05) is 39.4 Å². The number of aromatic amines is 1. The lowest BCUT2D eigenvalue weighted by Crippen LogP contribution is -2.47. The second-order valence-electron chi connectivity index (χ2n) is 5.80. The minimum absolute atomic E-state index is 0.119. The first-order valence-corrected chi connectivity index (χ1v) is 8.96.